The molecule has 1 amide bonds. The van der Waals surface area contributed by atoms with Gasteiger partial charge in [0, 0.05) is 40.7 Å². The molecule has 2 N–H and O–H groups in total. The molecule has 3 heterocycles. The number of aliphatic carboxylic acids is 1. The standard InChI is InChI=1S/C17H15NO4S2/c19-15(18-7-5-17(22,6-8-18)16(20)21)13-9-12-14(24-13)10-3-1-2-4-11(10)23-12/h1-4,9,22H,5-8H2,(H,20,21). The molecule has 1 aromatic carbocycles. The van der Waals surface area contributed by atoms with E-state index in [9.17, 15) is 14.7 Å². The third-order valence-electron chi connectivity index (χ3n) is 4.54. The number of nitrogens with zero attached hydrogens (tertiary/aromatic N) is 1. The topological polar surface area (TPSA) is 77.8 Å². The molecule has 0 aliphatic carbocycles. The number of hydrogen-bond acceptors (Lipinski definition) is 5. The summed E-state index contributed by atoms with van der Waals surface area (Å²) < 4.78 is 3.43. The summed E-state index contributed by atoms with van der Waals surface area (Å²) in [5.41, 5.74) is -1.71. The largest absolute Gasteiger partial charge is 0.479 e. The molecule has 2 aromatic heterocycles. The van der Waals surface area contributed by atoms with Gasteiger partial charge in [0.1, 0.15) is 0 Å². The molecule has 1 aliphatic rings. The summed E-state index contributed by atoms with van der Waals surface area (Å²) in [4.78, 5) is 26.1. The summed E-state index contributed by atoms with van der Waals surface area (Å²) in [7, 11) is 0. The number of carboxylic acid groups (broad SMARTS) is 1. The lowest BCUT2D eigenvalue weighted by Crippen LogP contribution is -2.50. The van der Waals surface area contributed by atoms with Crippen LogP contribution < -0.4 is 0 Å². The Hall–Kier alpha value is -1.96. The van der Waals surface area contributed by atoms with Crippen molar-refractivity contribution >= 4 is 54.0 Å². The predicted molar refractivity (Wildman–Crippen MR) is 94.9 cm³/mol. The van der Waals surface area contributed by atoms with Crippen molar-refractivity contribution in [2.45, 2.75) is 18.4 Å². The summed E-state index contributed by atoms with van der Waals surface area (Å²) in [5, 5.41) is 20.2. The van der Waals surface area contributed by atoms with E-state index in [-0.39, 0.29) is 31.8 Å². The highest BCUT2D eigenvalue weighted by molar-refractivity contribution is 7.33. The molecule has 1 saturated heterocycles. The van der Waals surface area contributed by atoms with E-state index in [1.807, 2.05) is 18.2 Å². The van der Waals surface area contributed by atoms with E-state index in [1.54, 1.807) is 16.2 Å². The number of likely N-dealkylation sites (tertiary alicyclic amines) is 1. The maximum atomic E-state index is 12.7. The van der Waals surface area contributed by atoms with Crippen molar-refractivity contribution in [2.75, 3.05) is 13.1 Å². The molecule has 1 aliphatic heterocycles. The Morgan fingerprint density at radius 2 is 1.79 bits per heavy atom. The van der Waals surface area contributed by atoms with Crippen LogP contribution in [-0.2, 0) is 4.79 Å². The molecular formula is C17H15NO4S2. The van der Waals surface area contributed by atoms with Crippen molar-refractivity contribution in [1.29, 1.82) is 0 Å². The molecular weight excluding hydrogens is 346 g/mol. The van der Waals surface area contributed by atoms with Crippen LogP contribution in [0.5, 0.6) is 0 Å². The molecule has 0 atom stereocenters. The molecule has 3 aromatic rings. The zero-order valence-electron chi connectivity index (χ0n) is 12.7. The van der Waals surface area contributed by atoms with Gasteiger partial charge in [-0.2, -0.15) is 0 Å². The fourth-order valence-corrected chi connectivity index (χ4v) is 5.55. The van der Waals surface area contributed by atoms with Crippen molar-refractivity contribution < 1.29 is 19.8 Å². The number of amides is 1. The van der Waals surface area contributed by atoms with Crippen molar-refractivity contribution in [3.63, 3.8) is 0 Å². The first-order valence-corrected chi connectivity index (χ1v) is 9.27. The van der Waals surface area contributed by atoms with Crippen LogP contribution in [0, 0.1) is 0 Å². The fourth-order valence-electron chi connectivity index (χ4n) is 3.05. The Morgan fingerprint density at radius 1 is 1.08 bits per heavy atom. The number of rotatable bonds is 2. The second kappa shape index (κ2) is 5.54. The Balaban J connectivity index is 1.59. The van der Waals surface area contributed by atoms with E-state index in [2.05, 4.69) is 12.1 Å². The van der Waals surface area contributed by atoms with Gasteiger partial charge in [-0.25, -0.2) is 4.79 Å². The van der Waals surface area contributed by atoms with Gasteiger partial charge < -0.3 is 15.1 Å². The molecule has 0 spiro atoms. The lowest BCUT2D eigenvalue weighted by molar-refractivity contribution is -0.162. The lowest BCUT2D eigenvalue weighted by atomic mass is 9.91. The van der Waals surface area contributed by atoms with Gasteiger partial charge in [-0.3, -0.25) is 4.79 Å². The van der Waals surface area contributed by atoms with E-state index < -0.39 is 11.6 Å². The molecule has 0 bridgehead atoms. The van der Waals surface area contributed by atoms with E-state index >= 15 is 0 Å². The molecule has 4 rings (SSSR count). The summed E-state index contributed by atoms with van der Waals surface area (Å²) in [6.07, 6.45) is 0.132. The smallest absolute Gasteiger partial charge is 0.335 e. The third-order valence-corrected chi connectivity index (χ3v) is 6.94. The fraction of sp³-hybridized carbons (Fsp3) is 0.294. The summed E-state index contributed by atoms with van der Waals surface area (Å²) in [5.74, 6) is -1.29. The third kappa shape index (κ3) is 2.40. The maximum Gasteiger partial charge on any atom is 0.335 e. The molecule has 5 nitrogen and oxygen atoms in total. The van der Waals surface area contributed by atoms with Crippen LogP contribution in [0.25, 0.3) is 19.5 Å². The van der Waals surface area contributed by atoms with E-state index in [4.69, 9.17) is 5.11 Å². The Bertz CT molecular complexity index is 950. The first-order valence-electron chi connectivity index (χ1n) is 7.64. The van der Waals surface area contributed by atoms with Crippen LogP contribution >= 0.6 is 22.7 Å². The SMILES string of the molecule is O=C(c1cc2sc3ccccc3c2s1)N1CCC(O)(C(=O)O)CC1. The second-order valence-corrected chi connectivity index (χ2v) is 8.17. The normalized spacial score (nSPS) is 17.5. The summed E-state index contributed by atoms with van der Waals surface area (Å²) >= 11 is 3.15. The zero-order valence-corrected chi connectivity index (χ0v) is 14.3. The van der Waals surface area contributed by atoms with Crippen LogP contribution in [-0.4, -0.2) is 45.7 Å². The number of fused-ring (bicyclic) bond motifs is 3. The molecule has 7 heteroatoms. The van der Waals surface area contributed by atoms with Crippen molar-refractivity contribution in [3.8, 4) is 0 Å². The minimum Gasteiger partial charge on any atom is -0.479 e. The Kier molecular flexibility index (Phi) is 3.59. The van der Waals surface area contributed by atoms with Gasteiger partial charge in [-0.1, -0.05) is 18.2 Å². The predicted octanol–water partition coefficient (Wildman–Crippen LogP) is 3.17. The van der Waals surface area contributed by atoms with Crippen LogP contribution in [0.3, 0.4) is 0 Å². The van der Waals surface area contributed by atoms with E-state index in [0.29, 0.717) is 4.88 Å². The number of carbonyl (C=O) groups is 2. The molecule has 124 valence electrons. The highest BCUT2D eigenvalue weighted by Gasteiger charge is 2.40. The van der Waals surface area contributed by atoms with Gasteiger partial charge >= 0.3 is 5.97 Å². The molecule has 0 radical (unpaired) electrons. The van der Waals surface area contributed by atoms with Crippen LogP contribution in [0.2, 0.25) is 0 Å². The molecule has 0 saturated carbocycles. The van der Waals surface area contributed by atoms with Gasteiger partial charge in [0.15, 0.2) is 5.60 Å². The number of piperidine rings is 1. The highest BCUT2D eigenvalue weighted by Crippen LogP contribution is 2.39. The average molecular weight is 361 g/mol. The molecule has 1 fully saturated rings. The Labute approximate surface area is 145 Å². The van der Waals surface area contributed by atoms with Gasteiger partial charge in [-0.05, 0) is 12.1 Å². The number of carbonyl (C=O) groups excluding carboxylic acids is 1. The number of aliphatic hydroxyl groups is 1. The zero-order chi connectivity index (χ0) is 16.9. The minimum absolute atomic E-state index is 0.0662. The lowest BCUT2D eigenvalue weighted by Gasteiger charge is -2.35. The Morgan fingerprint density at radius 3 is 2.50 bits per heavy atom. The van der Waals surface area contributed by atoms with Crippen molar-refractivity contribution in [3.05, 3.63) is 35.2 Å². The van der Waals surface area contributed by atoms with Gasteiger partial charge in [0.05, 0.1) is 9.58 Å². The van der Waals surface area contributed by atoms with Crippen LogP contribution in [0.1, 0.15) is 22.5 Å². The van der Waals surface area contributed by atoms with Gasteiger partial charge in [-0.15, -0.1) is 22.7 Å². The first kappa shape index (κ1) is 15.6. The number of benzene rings is 1. The van der Waals surface area contributed by atoms with Crippen LogP contribution in [0.15, 0.2) is 30.3 Å². The van der Waals surface area contributed by atoms with Crippen molar-refractivity contribution in [2.24, 2.45) is 0 Å². The van der Waals surface area contributed by atoms with Gasteiger partial charge in [0.2, 0.25) is 0 Å². The number of thiophene rings is 2. The number of hydrogen-bond donors (Lipinski definition) is 2. The second-order valence-electron chi connectivity index (χ2n) is 6.03. The monoisotopic (exact) mass is 361 g/mol. The highest BCUT2D eigenvalue weighted by atomic mass is 32.1. The van der Waals surface area contributed by atoms with E-state index in [0.717, 1.165) is 9.40 Å². The van der Waals surface area contributed by atoms with Crippen molar-refractivity contribution in [1.82, 2.24) is 4.90 Å². The first-order chi connectivity index (χ1) is 11.5. The summed E-state index contributed by atoms with van der Waals surface area (Å²) in [6.45, 7) is 0.516. The molecule has 0 unspecified atom stereocenters. The van der Waals surface area contributed by atoms with Gasteiger partial charge in [0.25, 0.3) is 5.91 Å². The minimum atomic E-state index is -1.71. The average Bonchev–Trinajstić information content (AvgIpc) is 3.12. The summed E-state index contributed by atoms with van der Waals surface area (Å²) in [6, 6.07) is 10.1. The van der Waals surface area contributed by atoms with Crippen LogP contribution in [0.4, 0.5) is 0 Å². The van der Waals surface area contributed by atoms with E-state index in [1.165, 1.54) is 21.4 Å². The number of carboxylic acids is 1. The quantitative estimate of drug-likeness (QED) is 0.735. The molecule has 24 heavy (non-hydrogen) atoms. The maximum absolute atomic E-state index is 12.7.